The molecule has 0 bridgehead atoms. The van der Waals surface area contributed by atoms with Gasteiger partial charge in [-0.3, -0.25) is 4.79 Å². The van der Waals surface area contributed by atoms with E-state index in [1.54, 1.807) is 4.90 Å². The van der Waals surface area contributed by atoms with Crippen molar-refractivity contribution < 1.29 is 4.79 Å². The molecule has 2 rings (SSSR count). The molecule has 2 heteroatoms. The molecule has 0 spiro atoms. The molecule has 2 nitrogen and oxygen atoms in total. The lowest BCUT2D eigenvalue weighted by atomic mass is 10.1. The summed E-state index contributed by atoms with van der Waals surface area (Å²) in [4.78, 5) is 12.4. The molecular formula is C11H13NO. The van der Waals surface area contributed by atoms with Crippen LogP contribution in [0, 0.1) is 0 Å². The van der Waals surface area contributed by atoms with Crippen LogP contribution in [0.4, 0.5) is 0 Å². The van der Waals surface area contributed by atoms with Crippen molar-refractivity contribution in [2.45, 2.75) is 18.9 Å². The smallest absolute Gasteiger partial charge is 0.209 e. The highest BCUT2D eigenvalue weighted by Crippen LogP contribution is 2.33. The van der Waals surface area contributed by atoms with E-state index >= 15 is 0 Å². The average molecular weight is 175 g/mol. The van der Waals surface area contributed by atoms with E-state index in [1.165, 1.54) is 11.1 Å². The molecule has 1 aromatic carbocycles. The second-order valence-corrected chi connectivity index (χ2v) is 3.52. The standard InChI is InChI=1S/C11H13NO/c1-12(8-13)11-7-6-9-4-2-3-5-10(9)11/h2-5,8,11H,6-7H2,1H3. The Morgan fingerprint density at radius 2 is 2.23 bits per heavy atom. The lowest BCUT2D eigenvalue weighted by Crippen LogP contribution is -2.20. The third-order valence-electron chi connectivity index (χ3n) is 2.76. The number of benzene rings is 1. The highest BCUT2D eigenvalue weighted by molar-refractivity contribution is 5.49. The summed E-state index contributed by atoms with van der Waals surface area (Å²) in [5, 5.41) is 0. The molecule has 1 atom stereocenters. The van der Waals surface area contributed by atoms with Crippen LogP contribution >= 0.6 is 0 Å². The van der Waals surface area contributed by atoms with Gasteiger partial charge in [0.1, 0.15) is 0 Å². The Balaban J connectivity index is 2.33. The van der Waals surface area contributed by atoms with Crippen molar-refractivity contribution in [3.05, 3.63) is 35.4 Å². The minimum Gasteiger partial charge on any atom is -0.341 e. The van der Waals surface area contributed by atoms with E-state index in [9.17, 15) is 4.79 Å². The molecule has 0 saturated carbocycles. The average Bonchev–Trinajstić information content (AvgIpc) is 2.60. The molecule has 0 aliphatic heterocycles. The molecule has 1 amide bonds. The summed E-state index contributed by atoms with van der Waals surface area (Å²) in [7, 11) is 1.85. The highest BCUT2D eigenvalue weighted by atomic mass is 16.1. The first-order valence-electron chi connectivity index (χ1n) is 4.58. The Kier molecular flexibility index (Phi) is 2.05. The van der Waals surface area contributed by atoms with Crippen LogP contribution in [0.15, 0.2) is 24.3 Å². The second-order valence-electron chi connectivity index (χ2n) is 3.52. The van der Waals surface area contributed by atoms with E-state index in [0.29, 0.717) is 6.04 Å². The van der Waals surface area contributed by atoms with Crippen LogP contribution < -0.4 is 0 Å². The number of hydrogen-bond acceptors (Lipinski definition) is 1. The van der Waals surface area contributed by atoms with E-state index in [0.717, 1.165) is 19.3 Å². The van der Waals surface area contributed by atoms with Crippen molar-refractivity contribution >= 4 is 6.41 Å². The van der Waals surface area contributed by atoms with Crippen LogP contribution in [0.3, 0.4) is 0 Å². The SMILES string of the molecule is CN(C=O)C1CCc2ccccc21. The summed E-state index contributed by atoms with van der Waals surface area (Å²) in [5.41, 5.74) is 2.71. The summed E-state index contributed by atoms with van der Waals surface area (Å²) in [6.45, 7) is 0. The number of carbonyl (C=O) groups excluding carboxylic acids is 1. The molecule has 1 aliphatic carbocycles. The maximum absolute atomic E-state index is 10.6. The largest absolute Gasteiger partial charge is 0.341 e. The van der Waals surface area contributed by atoms with E-state index in [1.807, 2.05) is 13.1 Å². The number of amides is 1. The maximum Gasteiger partial charge on any atom is 0.209 e. The van der Waals surface area contributed by atoms with Gasteiger partial charge in [-0.15, -0.1) is 0 Å². The normalized spacial score (nSPS) is 19.6. The third kappa shape index (κ3) is 1.32. The zero-order valence-corrected chi connectivity index (χ0v) is 7.73. The molecule has 0 fully saturated rings. The quantitative estimate of drug-likeness (QED) is 0.627. The fourth-order valence-corrected chi connectivity index (χ4v) is 2.03. The number of aryl methyl sites for hydroxylation is 1. The van der Waals surface area contributed by atoms with Crippen molar-refractivity contribution in [3.63, 3.8) is 0 Å². The Bertz CT molecular complexity index is 322. The summed E-state index contributed by atoms with van der Waals surface area (Å²) in [5.74, 6) is 0. The van der Waals surface area contributed by atoms with Gasteiger partial charge >= 0.3 is 0 Å². The van der Waals surface area contributed by atoms with Crippen LogP contribution in [0.25, 0.3) is 0 Å². The molecule has 1 unspecified atom stereocenters. The molecule has 1 aliphatic rings. The van der Waals surface area contributed by atoms with Crippen LogP contribution in [0.5, 0.6) is 0 Å². The Hall–Kier alpha value is -1.31. The summed E-state index contributed by atoms with van der Waals surface area (Å²) < 4.78 is 0. The van der Waals surface area contributed by atoms with E-state index in [2.05, 4.69) is 18.2 Å². The van der Waals surface area contributed by atoms with Crippen LogP contribution in [-0.2, 0) is 11.2 Å². The molecule has 0 aromatic heterocycles. The van der Waals surface area contributed by atoms with Crippen molar-refractivity contribution in [1.82, 2.24) is 4.90 Å². The number of carbonyl (C=O) groups is 1. The molecule has 68 valence electrons. The second kappa shape index (κ2) is 3.21. The van der Waals surface area contributed by atoms with Gasteiger partial charge in [-0.1, -0.05) is 24.3 Å². The number of rotatable bonds is 2. The van der Waals surface area contributed by atoms with Gasteiger partial charge in [0.2, 0.25) is 6.41 Å². The van der Waals surface area contributed by atoms with Crippen LogP contribution in [0.1, 0.15) is 23.6 Å². The molecular weight excluding hydrogens is 162 g/mol. The molecule has 0 radical (unpaired) electrons. The fraction of sp³-hybridized carbons (Fsp3) is 0.364. The lowest BCUT2D eigenvalue weighted by Gasteiger charge is -2.20. The summed E-state index contributed by atoms with van der Waals surface area (Å²) >= 11 is 0. The zero-order valence-electron chi connectivity index (χ0n) is 7.73. The van der Waals surface area contributed by atoms with Gasteiger partial charge in [-0.2, -0.15) is 0 Å². The first-order valence-corrected chi connectivity index (χ1v) is 4.58. The fourth-order valence-electron chi connectivity index (χ4n) is 2.03. The Morgan fingerprint density at radius 1 is 1.46 bits per heavy atom. The van der Waals surface area contributed by atoms with E-state index < -0.39 is 0 Å². The van der Waals surface area contributed by atoms with Crippen molar-refractivity contribution in [2.75, 3.05) is 7.05 Å². The Morgan fingerprint density at radius 3 is 3.00 bits per heavy atom. The minimum absolute atomic E-state index is 0.300. The maximum atomic E-state index is 10.6. The number of hydrogen-bond donors (Lipinski definition) is 0. The molecule has 0 heterocycles. The molecule has 13 heavy (non-hydrogen) atoms. The van der Waals surface area contributed by atoms with Crippen LogP contribution in [-0.4, -0.2) is 18.4 Å². The van der Waals surface area contributed by atoms with Gasteiger partial charge in [-0.25, -0.2) is 0 Å². The summed E-state index contributed by atoms with van der Waals surface area (Å²) in [6, 6.07) is 8.66. The first kappa shape index (κ1) is 8.30. The number of nitrogens with zero attached hydrogens (tertiary/aromatic N) is 1. The topological polar surface area (TPSA) is 20.3 Å². The minimum atomic E-state index is 0.300. The molecule has 0 saturated heterocycles. The van der Waals surface area contributed by atoms with E-state index in [-0.39, 0.29) is 0 Å². The Labute approximate surface area is 78.2 Å². The van der Waals surface area contributed by atoms with E-state index in [4.69, 9.17) is 0 Å². The van der Waals surface area contributed by atoms with Gasteiger partial charge in [0.25, 0.3) is 0 Å². The first-order chi connectivity index (χ1) is 6.33. The van der Waals surface area contributed by atoms with Gasteiger partial charge in [0, 0.05) is 7.05 Å². The van der Waals surface area contributed by atoms with Gasteiger partial charge < -0.3 is 4.90 Å². The highest BCUT2D eigenvalue weighted by Gasteiger charge is 2.24. The summed E-state index contributed by atoms with van der Waals surface area (Å²) in [6.07, 6.45) is 3.07. The predicted octanol–water partition coefficient (Wildman–Crippen LogP) is 1.76. The lowest BCUT2D eigenvalue weighted by molar-refractivity contribution is -0.118. The van der Waals surface area contributed by atoms with Gasteiger partial charge in [-0.05, 0) is 24.0 Å². The molecule has 1 aromatic rings. The zero-order chi connectivity index (χ0) is 9.26. The molecule has 0 N–H and O–H groups in total. The van der Waals surface area contributed by atoms with Gasteiger partial charge in [0.15, 0.2) is 0 Å². The van der Waals surface area contributed by atoms with Crippen molar-refractivity contribution in [3.8, 4) is 0 Å². The third-order valence-corrected chi connectivity index (χ3v) is 2.76. The predicted molar refractivity (Wildman–Crippen MR) is 51.3 cm³/mol. The van der Waals surface area contributed by atoms with Crippen molar-refractivity contribution in [2.24, 2.45) is 0 Å². The monoisotopic (exact) mass is 175 g/mol. The van der Waals surface area contributed by atoms with Gasteiger partial charge in [0.05, 0.1) is 6.04 Å². The van der Waals surface area contributed by atoms with Crippen LogP contribution in [0.2, 0.25) is 0 Å². The van der Waals surface area contributed by atoms with Crippen molar-refractivity contribution in [1.29, 1.82) is 0 Å². The number of fused-ring (bicyclic) bond motifs is 1.